The standard InChI is InChI=1S/C14H11FN2O/c1-8-6-9(2-4-11(8)16)14-17-12-5-3-10(15)7-13(12)18-14/h2-7H,16H2,1H3. The number of oxazole rings is 1. The lowest BCUT2D eigenvalue weighted by atomic mass is 10.1. The summed E-state index contributed by atoms with van der Waals surface area (Å²) in [4.78, 5) is 4.32. The molecule has 3 nitrogen and oxygen atoms in total. The molecule has 3 aromatic rings. The summed E-state index contributed by atoms with van der Waals surface area (Å²) in [5.41, 5.74) is 9.36. The smallest absolute Gasteiger partial charge is 0.227 e. The Morgan fingerprint density at radius 3 is 2.78 bits per heavy atom. The van der Waals surface area contributed by atoms with Gasteiger partial charge >= 0.3 is 0 Å². The molecule has 0 spiro atoms. The number of nitrogen functional groups attached to an aromatic ring is 1. The van der Waals surface area contributed by atoms with E-state index < -0.39 is 0 Å². The second-order valence-electron chi connectivity index (χ2n) is 4.20. The molecule has 1 heterocycles. The van der Waals surface area contributed by atoms with Crippen LogP contribution in [0, 0.1) is 12.7 Å². The first-order chi connectivity index (χ1) is 8.63. The minimum atomic E-state index is -0.335. The highest BCUT2D eigenvalue weighted by atomic mass is 19.1. The van der Waals surface area contributed by atoms with Crippen molar-refractivity contribution in [3.05, 3.63) is 47.8 Å². The Balaban J connectivity index is 2.16. The van der Waals surface area contributed by atoms with Gasteiger partial charge in [0.05, 0.1) is 0 Å². The molecular formula is C14H11FN2O. The quantitative estimate of drug-likeness (QED) is 0.664. The van der Waals surface area contributed by atoms with Gasteiger partial charge in [0.1, 0.15) is 11.3 Å². The van der Waals surface area contributed by atoms with Gasteiger partial charge in [0.15, 0.2) is 5.58 Å². The molecule has 0 bridgehead atoms. The highest BCUT2D eigenvalue weighted by Gasteiger charge is 2.09. The molecule has 0 amide bonds. The van der Waals surface area contributed by atoms with E-state index in [2.05, 4.69) is 4.98 Å². The van der Waals surface area contributed by atoms with Gasteiger partial charge in [-0.25, -0.2) is 9.37 Å². The van der Waals surface area contributed by atoms with Gasteiger partial charge in [-0.05, 0) is 42.8 Å². The number of aryl methyl sites for hydroxylation is 1. The average Bonchev–Trinajstić information content (AvgIpc) is 2.75. The largest absolute Gasteiger partial charge is 0.436 e. The Hall–Kier alpha value is -2.36. The zero-order valence-electron chi connectivity index (χ0n) is 9.77. The van der Waals surface area contributed by atoms with E-state index in [4.69, 9.17) is 10.2 Å². The van der Waals surface area contributed by atoms with Crippen molar-refractivity contribution in [3.8, 4) is 11.5 Å². The third-order valence-corrected chi connectivity index (χ3v) is 2.87. The van der Waals surface area contributed by atoms with E-state index in [0.717, 1.165) is 16.8 Å². The number of anilines is 1. The number of nitrogens with zero attached hydrogens (tertiary/aromatic N) is 1. The molecular weight excluding hydrogens is 231 g/mol. The van der Waals surface area contributed by atoms with E-state index in [0.29, 0.717) is 17.0 Å². The van der Waals surface area contributed by atoms with Gasteiger partial charge in [0, 0.05) is 17.3 Å². The normalized spacial score (nSPS) is 11.0. The second kappa shape index (κ2) is 3.84. The predicted molar refractivity (Wildman–Crippen MR) is 68.6 cm³/mol. The summed E-state index contributed by atoms with van der Waals surface area (Å²) < 4.78 is 18.6. The number of hydrogen-bond donors (Lipinski definition) is 1. The van der Waals surface area contributed by atoms with Crippen LogP contribution >= 0.6 is 0 Å². The fraction of sp³-hybridized carbons (Fsp3) is 0.0714. The average molecular weight is 242 g/mol. The zero-order chi connectivity index (χ0) is 12.7. The summed E-state index contributed by atoms with van der Waals surface area (Å²) in [5.74, 6) is 0.136. The minimum absolute atomic E-state index is 0.335. The summed E-state index contributed by atoms with van der Waals surface area (Å²) in [7, 11) is 0. The van der Waals surface area contributed by atoms with Crippen LogP contribution in [0.5, 0.6) is 0 Å². The number of rotatable bonds is 1. The summed E-state index contributed by atoms with van der Waals surface area (Å²) in [6.45, 7) is 1.92. The molecule has 4 heteroatoms. The molecule has 0 atom stereocenters. The lowest BCUT2D eigenvalue weighted by Crippen LogP contribution is -1.89. The van der Waals surface area contributed by atoms with Crippen LogP contribution in [0.15, 0.2) is 40.8 Å². The first kappa shape index (κ1) is 10.8. The highest BCUT2D eigenvalue weighted by molar-refractivity contribution is 5.76. The van der Waals surface area contributed by atoms with E-state index >= 15 is 0 Å². The SMILES string of the molecule is Cc1cc(-c2nc3ccc(F)cc3o2)ccc1N. The third kappa shape index (κ3) is 1.72. The topological polar surface area (TPSA) is 52.0 Å². The van der Waals surface area contributed by atoms with Gasteiger partial charge in [-0.15, -0.1) is 0 Å². The Bertz CT molecular complexity index is 734. The monoisotopic (exact) mass is 242 g/mol. The summed E-state index contributed by atoms with van der Waals surface area (Å²) in [5, 5.41) is 0. The van der Waals surface area contributed by atoms with E-state index in [-0.39, 0.29) is 5.82 Å². The Morgan fingerprint density at radius 2 is 2.00 bits per heavy atom. The van der Waals surface area contributed by atoms with Crippen LogP contribution in [0.2, 0.25) is 0 Å². The lowest BCUT2D eigenvalue weighted by Gasteiger charge is -2.00. The number of halogens is 1. The molecule has 0 aliphatic heterocycles. The predicted octanol–water partition coefficient (Wildman–Crippen LogP) is 3.52. The maximum absolute atomic E-state index is 13.1. The van der Waals surface area contributed by atoms with Gasteiger partial charge < -0.3 is 10.2 Å². The zero-order valence-corrected chi connectivity index (χ0v) is 9.77. The summed E-state index contributed by atoms with van der Waals surface area (Å²) in [6, 6.07) is 9.83. The van der Waals surface area contributed by atoms with Gasteiger partial charge in [0.25, 0.3) is 0 Å². The number of aromatic nitrogens is 1. The van der Waals surface area contributed by atoms with Gasteiger partial charge in [-0.1, -0.05) is 0 Å². The van der Waals surface area contributed by atoms with Crippen molar-refractivity contribution in [2.75, 3.05) is 5.73 Å². The second-order valence-corrected chi connectivity index (χ2v) is 4.20. The van der Waals surface area contributed by atoms with E-state index in [1.165, 1.54) is 12.1 Å². The van der Waals surface area contributed by atoms with Crippen molar-refractivity contribution in [1.29, 1.82) is 0 Å². The molecule has 0 saturated carbocycles. The van der Waals surface area contributed by atoms with Crippen molar-refractivity contribution in [2.45, 2.75) is 6.92 Å². The van der Waals surface area contributed by atoms with Crippen LogP contribution < -0.4 is 5.73 Å². The first-order valence-electron chi connectivity index (χ1n) is 5.56. The Labute approximate surface area is 103 Å². The number of benzene rings is 2. The number of fused-ring (bicyclic) bond motifs is 1. The van der Waals surface area contributed by atoms with Gasteiger partial charge in [-0.3, -0.25) is 0 Å². The molecule has 3 rings (SSSR count). The van der Waals surface area contributed by atoms with Gasteiger partial charge in [0.2, 0.25) is 5.89 Å². The molecule has 0 radical (unpaired) electrons. The summed E-state index contributed by atoms with van der Waals surface area (Å²) in [6.07, 6.45) is 0. The molecule has 18 heavy (non-hydrogen) atoms. The molecule has 2 aromatic carbocycles. The van der Waals surface area contributed by atoms with Crippen LogP contribution in [0.4, 0.5) is 10.1 Å². The highest BCUT2D eigenvalue weighted by Crippen LogP contribution is 2.26. The Kier molecular flexibility index (Phi) is 2.30. The van der Waals surface area contributed by atoms with E-state index in [1.807, 2.05) is 19.1 Å². The first-order valence-corrected chi connectivity index (χ1v) is 5.56. The fourth-order valence-electron chi connectivity index (χ4n) is 1.83. The number of nitrogens with two attached hydrogens (primary N) is 1. The molecule has 0 fully saturated rings. The van der Waals surface area contributed by atoms with Crippen LogP contribution in [0.25, 0.3) is 22.6 Å². The fourth-order valence-corrected chi connectivity index (χ4v) is 1.83. The molecule has 1 aromatic heterocycles. The van der Waals surface area contributed by atoms with E-state index in [9.17, 15) is 4.39 Å². The van der Waals surface area contributed by atoms with Crippen molar-refractivity contribution in [1.82, 2.24) is 4.98 Å². The van der Waals surface area contributed by atoms with Crippen molar-refractivity contribution in [3.63, 3.8) is 0 Å². The summed E-state index contributed by atoms with van der Waals surface area (Å²) >= 11 is 0. The van der Waals surface area contributed by atoms with Crippen LogP contribution in [-0.4, -0.2) is 4.98 Å². The van der Waals surface area contributed by atoms with Crippen molar-refractivity contribution in [2.24, 2.45) is 0 Å². The van der Waals surface area contributed by atoms with Crippen LogP contribution in [0.3, 0.4) is 0 Å². The third-order valence-electron chi connectivity index (χ3n) is 2.87. The van der Waals surface area contributed by atoms with Crippen molar-refractivity contribution < 1.29 is 8.81 Å². The maximum atomic E-state index is 13.1. The molecule has 0 saturated heterocycles. The molecule has 90 valence electrons. The van der Waals surface area contributed by atoms with Crippen LogP contribution in [0.1, 0.15) is 5.56 Å². The molecule has 0 aliphatic carbocycles. The lowest BCUT2D eigenvalue weighted by molar-refractivity contribution is 0.602. The maximum Gasteiger partial charge on any atom is 0.227 e. The van der Waals surface area contributed by atoms with Crippen LogP contribution in [-0.2, 0) is 0 Å². The Morgan fingerprint density at radius 1 is 1.17 bits per heavy atom. The van der Waals surface area contributed by atoms with E-state index in [1.54, 1.807) is 12.1 Å². The van der Waals surface area contributed by atoms with Crippen molar-refractivity contribution >= 4 is 16.8 Å². The molecule has 0 unspecified atom stereocenters. The number of hydrogen-bond acceptors (Lipinski definition) is 3. The molecule has 2 N–H and O–H groups in total. The molecule has 0 aliphatic rings. The van der Waals surface area contributed by atoms with Gasteiger partial charge in [-0.2, -0.15) is 0 Å². The minimum Gasteiger partial charge on any atom is -0.436 e.